The molecule has 0 fully saturated rings. The standard InChI is InChI=1S/C20H25N3O3S/c1-13-11-14(2)22-18(21-13)27-10-6-5-9-25-15-7-8-17-16(12-15)20(3,4)26-19(24)23-17/h7-8,11-12H,5-6,9-10H2,1-4H3,(H,23,24). The lowest BCUT2D eigenvalue weighted by Crippen LogP contribution is -2.34. The van der Waals surface area contributed by atoms with E-state index in [1.807, 2.05) is 52.0 Å². The van der Waals surface area contributed by atoms with Gasteiger partial charge in [-0.1, -0.05) is 11.8 Å². The van der Waals surface area contributed by atoms with E-state index in [4.69, 9.17) is 9.47 Å². The van der Waals surface area contributed by atoms with Gasteiger partial charge in [0.1, 0.15) is 11.4 Å². The fraction of sp³-hybridized carbons (Fsp3) is 0.450. The van der Waals surface area contributed by atoms with Crippen molar-refractivity contribution in [3.05, 3.63) is 41.2 Å². The molecule has 7 heteroatoms. The minimum absolute atomic E-state index is 0.425. The summed E-state index contributed by atoms with van der Waals surface area (Å²) < 4.78 is 11.2. The Morgan fingerprint density at radius 3 is 2.63 bits per heavy atom. The molecule has 1 amide bonds. The molecule has 0 atom stereocenters. The van der Waals surface area contributed by atoms with Crippen molar-refractivity contribution in [3.63, 3.8) is 0 Å². The summed E-state index contributed by atoms with van der Waals surface area (Å²) in [6.45, 7) is 8.37. The summed E-state index contributed by atoms with van der Waals surface area (Å²) in [5.41, 5.74) is 3.03. The number of aromatic nitrogens is 2. The molecule has 1 N–H and O–H groups in total. The van der Waals surface area contributed by atoms with E-state index in [1.165, 1.54) is 0 Å². The van der Waals surface area contributed by atoms with Crippen LogP contribution < -0.4 is 10.1 Å². The molecule has 0 saturated carbocycles. The van der Waals surface area contributed by atoms with Crippen LogP contribution in [-0.4, -0.2) is 28.4 Å². The number of ether oxygens (including phenoxy) is 2. The maximum atomic E-state index is 11.6. The zero-order valence-electron chi connectivity index (χ0n) is 16.2. The first-order valence-electron chi connectivity index (χ1n) is 9.06. The highest BCUT2D eigenvalue weighted by Crippen LogP contribution is 2.37. The molecule has 0 saturated heterocycles. The highest BCUT2D eigenvalue weighted by Gasteiger charge is 2.33. The molecule has 144 valence electrons. The summed E-state index contributed by atoms with van der Waals surface area (Å²) >= 11 is 1.68. The van der Waals surface area contributed by atoms with Crippen LogP contribution in [0.2, 0.25) is 0 Å². The predicted octanol–water partition coefficient (Wildman–Crippen LogP) is 4.84. The van der Waals surface area contributed by atoms with E-state index < -0.39 is 11.7 Å². The zero-order valence-corrected chi connectivity index (χ0v) is 17.0. The third-order valence-corrected chi connectivity index (χ3v) is 5.16. The molecule has 1 aliphatic heterocycles. The van der Waals surface area contributed by atoms with Crippen LogP contribution in [0, 0.1) is 13.8 Å². The number of cyclic esters (lactones) is 1. The van der Waals surface area contributed by atoms with Crippen molar-refractivity contribution in [2.75, 3.05) is 17.7 Å². The summed E-state index contributed by atoms with van der Waals surface area (Å²) in [6, 6.07) is 7.65. The molecular formula is C20H25N3O3S. The number of benzene rings is 1. The molecule has 2 heterocycles. The number of amides is 1. The molecule has 6 nitrogen and oxygen atoms in total. The van der Waals surface area contributed by atoms with Gasteiger partial charge in [-0.25, -0.2) is 14.8 Å². The largest absolute Gasteiger partial charge is 0.494 e. The number of carbonyl (C=O) groups is 1. The van der Waals surface area contributed by atoms with Gasteiger partial charge in [-0.15, -0.1) is 0 Å². The number of thioether (sulfide) groups is 1. The molecule has 2 aromatic rings. The molecule has 27 heavy (non-hydrogen) atoms. The van der Waals surface area contributed by atoms with Gasteiger partial charge < -0.3 is 9.47 Å². The fourth-order valence-electron chi connectivity index (χ4n) is 2.96. The average Bonchev–Trinajstić information content (AvgIpc) is 2.56. The second-order valence-corrected chi connectivity index (χ2v) is 8.13. The van der Waals surface area contributed by atoms with Gasteiger partial charge in [0.05, 0.1) is 12.3 Å². The number of unbranched alkanes of at least 4 members (excludes halogenated alkanes) is 1. The van der Waals surface area contributed by atoms with Crippen LogP contribution in [0.4, 0.5) is 10.5 Å². The number of fused-ring (bicyclic) bond motifs is 1. The molecule has 0 unspecified atom stereocenters. The minimum atomic E-state index is -0.667. The van der Waals surface area contributed by atoms with Gasteiger partial charge in [0.25, 0.3) is 0 Å². The Balaban J connectivity index is 1.45. The van der Waals surface area contributed by atoms with Crippen LogP contribution in [-0.2, 0) is 10.3 Å². The molecule has 1 aromatic carbocycles. The van der Waals surface area contributed by atoms with Crippen molar-refractivity contribution in [2.24, 2.45) is 0 Å². The summed E-state index contributed by atoms with van der Waals surface area (Å²) in [7, 11) is 0. The Hall–Kier alpha value is -2.28. The lowest BCUT2D eigenvalue weighted by atomic mass is 9.94. The zero-order chi connectivity index (χ0) is 19.4. The number of anilines is 1. The molecule has 0 spiro atoms. The maximum absolute atomic E-state index is 11.6. The number of hydrogen-bond donors (Lipinski definition) is 1. The molecule has 1 aromatic heterocycles. The highest BCUT2D eigenvalue weighted by atomic mass is 32.2. The number of nitrogens with one attached hydrogen (secondary N) is 1. The van der Waals surface area contributed by atoms with Crippen LogP contribution in [0.3, 0.4) is 0 Å². The van der Waals surface area contributed by atoms with Crippen molar-refractivity contribution in [1.29, 1.82) is 0 Å². The summed E-state index contributed by atoms with van der Waals surface area (Å²) in [4.78, 5) is 20.4. The van der Waals surface area contributed by atoms with E-state index in [0.29, 0.717) is 6.61 Å². The van der Waals surface area contributed by atoms with E-state index in [9.17, 15) is 4.79 Å². The molecular weight excluding hydrogens is 362 g/mol. The van der Waals surface area contributed by atoms with Gasteiger partial charge in [-0.2, -0.15) is 0 Å². The van der Waals surface area contributed by atoms with Crippen molar-refractivity contribution in [1.82, 2.24) is 9.97 Å². The number of hydrogen-bond acceptors (Lipinski definition) is 6. The Morgan fingerprint density at radius 2 is 1.89 bits per heavy atom. The van der Waals surface area contributed by atoms with Crippen LogP contribution in [0.15, 0.2) is 29.4 Å². The third-order valence-electron chi connectivity index (χ3n) is 4.22. The van der Waals surface area contributed by atoms with Crippen LogP contribution in [0.5, 0.6) is 5.75 Å². The smallest absolute Gasteiger partial charge is 0.412 e. The van der Waals surface area contributed by atoms with E-state index in [1.54, 1.807) is 11.8 Å². The predicted molar refractivity (Wildman–Crippen MR) is 107 cm³/mol. The number of rotatable bonds is 7. The van der Waals surface area contributed by atoms with Gasteiger partial charge in [-0.05, 0) is 64.8 Å². The van der Waals surface area contributed by atoms with E-state index in [0.717, 1.165) is 52.1 Å². The second-order valence-electron chi connectivity index (χ2n) is 7.07. The average molecular weight is 388 g/mol. The van der Waals surface area contributed by atoms with Gasteiger partial charge in [0.15, 0.2) is 5.16 Å². The van der Waals surface area contributed by atoms with Gasteiger partial charge in [-0.3, -0.25) is 5.32 Å². The number of carbonyl (C=O) groups excluding carboxylic acids is 1. The molecule has 3 rings (SSSR count). The maximum Gasteiger partial charge on any atom is 0.412 e. The Kier molecular flexibility index (Phi) is 5.89. The van der Waals surface area contributed by atoms with E-state index >= 15 is 0 Å². The van der Waals surface area contributed by atoms with Crippen molar-refractivity contribution in [3.8, 4) is 5.75 Å². The van der Waals surface area contributed by atoms with Crippen molar-refractivity contribution < 1.29 is 14.3 Å². The first-order chi connectivity index (χ1) is 12.8. The monoisotopic (exact) mass is 387 g/mol. The van der Waals surface area contributed by atoms with Crippen LogP contribution in [0.25, 0.3) is 0 Å². The Morgan fingerprint density at radius 1 is 1.15 bits per heavy atom. The van der Waals surface area contributed by atoms with Gasteiger partial charge >= 0.3 is 6.09 Å². The Bertz CT molecular complexity index is 819. The van der Waals surface area contributed by atoms with Crippen LogP contribution in [0.1, 0.15) is 43.6 Å². The first kappa shape index (κ1) is 19.5. The molecule has 0 aliphatic carbocycles. The van der Waals surface area contributed by atoms with Crippen molar-refractivity contribution >= 4 is 23.5 Å². The first-order valence-corrected chi connectivity index (χ1v) is 10.0. The molecule has 0 bridgehead atoms. The van der Waals surface area contributed by atoms with Crippen molar-refractivity contribution in [2.45, 2.75) is 51.3 Å². The summed E-state index contributed by atoms with van der Waals surface area (Å²) in [5.74, 6) is 1.75. The fourth-order valence-corrected chi connectivity index (χ4v) is 3.91. The topological polar surface area (TPSA) is 73.3 Å². The minimum Gasteiger partial charge on any atom is -0.494 e. The number of nitrogens with zero attached hydrogens (tertiary/aromatic N) is 2. The van der Waals surface area contributed by atoms with E-state index in [-0.39, 0.29) is 0 Å². The van der Waals surface area contributed by atoms with Gasteiger partial charge in [0, 0.05) is 22.7 Å². The molecule has 0 radical (unpaired) electrons. The lowest BCUT2D eigenvalue weighted by Gasteiger charge is -2.32. The highest BCUT2D eigenvalue weighted by molar-refractivity contribution is 7.99. The van der Waals surface area contributed by atoms with E-state index in [2.05, 4.69) is 15.3 Å². The second kappa shape index (κ2) is 8.17. The SMILES string of the molecule is Cc1cc(C)nc(SCCCCOc2ccc3c(c2)C(C)(C)OC(=O)N3)n1. The lowest BCUT2D eigenvalue weighted by molar-refractivity contribution is 0.0418. The summed E-state index contributed by atoms with van der Waals surface area (Å²) in [6.07, 6.45) is 1.55. The van der Waals surface area contributed by atoms with Crippen LogP contribution >= 0.6 is 11.8 Å². The number of aryl methyl sites for hydroxylation is 2. The quantitative estimate of drug-likeness (QED) is 0.416. The third kappa shape index (κ3) is 5.13. The Labute approximate surface area is 164 Å². The van der Waals surface area contributed by atoms with Gasteiger partial charge in [0.2, 0.25) is 0 Å². The normalized spacial score (nSPS) is 14.9. The molecule has 1 aliphatic rings. The summed E-state index contributed by atoms with van der Waals surface area (Å²) in [5, 5.41) is 3.56.